The van der Waals surface area contributed by atoms with E-state index in [4.69, 9.17) is 16.3 Å². The zero-order chi connectivity index (χ0) is 13.8. The second kappa shape index (κ2) is 6.53. The highest BCUT2D eigenvalue weighted by molar-refractivity contribution is 6.29. The predicted octanol–water partition coefficient (Wildman–Crippen LogP) is 2.94. The molecule has 1 fully saturated rings. The minimum atomic E-state index is 0.261. The number of aryl methyl sites for hydroxylation is 1. The van der Waals surface area contributed by atoms with Crippen molar-refractivity contribution in [3.05, 3.63) is 17.0 Å². The van der Waals surface area contributed by atoms with Crippen LogP contribution in [0, 0.1) is 5.92 Å². The summed E-state index contributed by atoms with van der Waals surface area (Å²) in [6.45, 7) is 6.23. The summed E-state index contributed by atoms with van der Waals surface area (Å²) in [5, 5.41) is 0.529. The predicted molar refractivity (Wildman–Crippen MR) is 77.8 cm³/mol. The standard InChI is InChI=1S/C14H22ClN3O/c1-4-5-13-16-12(15)8-14(17-13)18-7-6-10(2)11(9-18)19-3/h8,10-11H,4-7,9H2,1-3H3. The summed E-state index contributed by atoms with van der Waals surface area (Å²) in [6.07, 6.45) is 3.27. The lowest BCUT2D eigenvalue weighted by Gasteiger charge is -2.37. The average Bonchev–Trinajstić information content (AvgIpc) is 2.39. The molecule has 0 aromatic carbocycles. The van der Waals surface area contributed by atoms with Crippen molar-refractivity contribution in [1.82, 2.24) is 9.97 Å². The second-order valence-electron chi connectivity index (χ2n) is 5.20. The van der Waals surface area contributed by atoms with E-state index in [1.807, 2.05) is 6.07 Å². The van der Waals surface area contributed by atoms with Gasteiger partial charge in [-0.05, 0) is 18.8 Å². The Morgan fingerprint density at radius 1 is 1.47 bits per heavy atom. The van der Waals surface area contributed by atoms with Crippen molar-refractivity contribution in [3.8, 4) is 0 Å². The molecule has 0 N–H and O–H groups in total. The van der Waals surface area contributed by atoms with E-state index in [0.717, 1.165) is 44.0 Å². The molecular formula is C14H22ClN3O. The number of ether oxygens (including phenoxy) is 1. The lowest BCUT2D eigenvalue weighted by atomic mass is 9.96. The highest BCUT2D eigenvalue weighted by atomic mass is 35.5. The molecule has 2 rings (SSSR count). The molecule has 1 saturated heterocycles. The van der Waals surface area contributed by atoms with Gasteiger partial charge in [-0.25, -0.2) is 9.97 Å². The fourth-order valence-corrected chi connectivity index (χ4v) is 2.69. The summed E-state index contributed by atoms with van der Waals surface area (Å²) >= 11 is 6.09. The quantitative estimate of drug-likeness (QED) is 0.797. The van der Waals surface area contributed by atoms with Crippen LogP contribution in [0.5, 0.6) is 0 Å². The highest BCUT2D eigenvalue weighted by Gasteiger charge is 2.27. The molecule has 0 spiro atoms. The van der Waals surface area contributed by atoms with Crippen LogP contribution in [0.3, 0.4) is 0 Å². The Morgan fingerprint density at radius 2 is 2.26 bits per heavy atom. The molecule has 1 aromatic heterocycles. The van der Waals surface area contributed by atoms with Crippen molar-refractivity contribution in [3.63, 3.8) is 0 Å². The van der Waals surface area contributed by atoms with Gasteiger partial charge in [0.25, 0.3) is 0 Å². The summed E-state index contributed by atoms with van der Waals surface area (Å²) in [4.78, 5) is 11.1. The molecule has 0 saturated carbocycles. The molecule has 19 heavy (non-hydrogen) atoms. The van der Waals surface area contributed by atoms with Crippen molar-refractivity contribution in [2.45, 2.75) is 39.2 Å². The van der Waals surface area contributed by atoms with Crippen molar-refractivity contribution < 1.29 is 4.74 Å². The van der Waals surface area contributed by atoms with Gasteiger partial charge in [-0.15, -0.1) is 0 Å². The molecule has 1 aliphatic rings. The summed E-state index contributed by atoms with van der Waals surface area (Å²) < 4.78 is 5.55. The van der Waals surface area contributed by atoms with Gasteiger partial charge in [0.05, 0.1) is 6.10 Å². The van der Waals surface area contributed by atoms with Gasteiger partial charge < -0.3 is 9.64 Å². The topological polar surface area (TPSA) is 38.2 Å². The van der Waals surface area contributed by atoms with Gasteiger partial charge in [-0.3, -0.25) is 0 Å². The van der Waals surface area contributed by atoms with E-state index in [2.05, 4.69) is 28.7 Å². The molecule has 1 aromatic rings. The Bertz CT molecular complexity index is 427. The third-order valence-electron chi connectivity index (χ3n) is 3.72. The van der Waals surface area contributed by atoms with Gasteiger partial charge in [0.15, 0.2) is 0 Å². The van der Waals surface area contributed by atoms with Gasteiger partial charge in [0.2, 0.25) is 0 Å². The summed E-state index contributed by atoms with van der Waals surface area (Å²) in [5.41, 5.74) is 0. The van der Waals surface area contributed by atoms with E-state index in [1.54, 1.807) is 7.11 Å². The van der Waals surface area contributed by atoms with E-state index >= 15 is 0 Å². The molecule has 0 aliphatic carbocycles. The van der Waals surface area contributed by atoms with Crippen LogP contribution in [0.1, 0.15) is 32.5 Å². The fraction of sp³-hybridized carbons (Fsp3) is 0.714. The zero-order valence-corrected chi connectivity index (χ0v) is 12.7. The first kappa shape index (κ1) is 14.5. The SMILES string of the molecule is CCCc1nc(Cl)cc(N2CCC(C)C(OC)C2)n1. The highest BCUT2D eigenvalue weighted by Crippen LogP contribution is 2.25. The summed E-state index contributed by atoms with van der Waals surface area (Å²) in [5.74, 6) is 2.35. The smallest absolute Gasteiger partial charge is 0.134 e. The van der Waals surface area contributed by atoms with Gasteiger partial charge >= 0.3 is 0 Å². The van der Waals surface area contributed by atoms with Crippen LogP contribution in [-0.4, -0.2) is 36.3 Å². The maximum Gasteiger partial charge on any atom is 0.134 e. The maximum absolute atomic E-state index is 6.09. The van der Waals surface area contributed by atoms with Crippen molar-refractivity contribution >= 4 is 17.4 Å². The zero-order valence-electron chi connectivity index (χ0n) is 11.9. The van der Waals surface area contributed by atoms with Gasteiger partial charge in [-0.2, -0.15) is 0 Å². The normalized spacial score (nSPS) is 23.7. The Morgan fingerprint density at radius 3 is 2.95 bits per heavy atom. The first-order valence-electron chi connectivity index (χ1n) is 6.95. The van der Waals surface area contributed by atoms with E-state index in [9.17, 15) is 0 Å². The first-order chi connectivity index (χ1) is 9.13. The van der Waals surface area contributed by atoms with Crippen LogP contribution in [0.4, 0.5) is 5.82 Å². The Hall–Kier alpha value is -0.870. The molecule has 2 atom stereocenters. The van der Waals surface area contributed by atoms with E-state index in [1.165, 1.54) is 0 Å². The van der Waals surface area contributed by atoms with Crippen LogP contribution in [0.25, 0.3) is 0 Å². The molecule has 106 valence electrons. The van der Waals surface area contributed by atoms with E-state index in [-0.39, 0.29) is 6.10 Å². The molecule has 1 aliphatic heterocycles. The molecule has 0 amide bonds. The second-order valence-corrected chi connectivity index (χ2v) is 5.59. The fourth-order valence-electron chi connectivity index (χ4n) is 2.50. The lowest BCUT2D eigenvalue weighted by molar-refractivity contribution is 0.0496. The number of anilines is 1. The van der Waals surface area contributed by atoms with Gasteiger partial charge in [-0.1, -0.05) is 25.4 Å². The number of methoxy groups -OCH3 is 1. The number of nitrogens with zero attached hydrogens (tertiary/aromatic N) is 3. The minimum absolute atomic E-state index is 0.261. The number of hydrogen-bond acceptors (Lipinski definition) is 4. The molecule has 5 heteroatoms. The number of aromatic nitrogens is 2. The van der Waals surface area contributed by atoms with Crippen LogP contribution in [0.2, 0.25) is 5.15 Å². The van der Waals surface area contributed by atoms with Crippen LogP contribution >= 0.6 is 11.6 Å². The summed E-state index contributed by atoms with van der Waals surface area (Å²) in [6, 6.07) is 1.85. The average molecular weight is 284 g/mol. The number of rotatable bonds is 4. The van der Waals surface area contributed by atoms with Crippen molar-refractivity contribution in [2.75, 3.05) is 25.1 Å². The third-order valence-corrected chi connectivity index (χ3v) is 3.91. The molecular weight excluding hydrogens is 262 g/mol. The van der Waals surface area contributed by atoms with Crippen LogP contribution in [0.15, 0.2) is 6.07 Å². The largest absolute Gasteiger partial charge is 0.379 e. The lowest BCUT2D eigenvalue weighted by Crippen LogP contribution is -2.44. The number of halogens is 1. The van der Waals surface area contributed by atoms with Crippen LogP contribution in [-0.2, 0) is 11.2 Å². The van der Waals surface area contributed by atoms with E-state index < -0.39 is 0 Å². The Labute approximate surface area is 120 Å². The maximum atomic E-state index is 6.09. The van der Waals surface area contributed by atoms with Crippen molar-refractivity contribution in [1.29, 1.82) is 0 Å². The number of hydrogen-bond donors (Lipinski definition) is 0. The Kier molecular flexibility index (Phi) is 4.99. The molecule has 0 bridgehead atoms. The monoisotopic (exact) mass is 283 g/mol. The Balaban J connectivity index is 2.17. The van der Waals surface area contributed by atoms with Crippen molar-refractivity contribution in [2.24, 2.45) is 5.92 Å². The van der Waals surface area contributed by atoms with Crippen LogP contribution < -0.4 is 4.90 Å². The summed E-state index contributed by atoms with van der Waals surface area (Å²) in [7, 11) is 1.78. The molecule has 4 nitrogen and oxygen atoms in total. The number of piperidine rings is 1. The third kappa shape index (κ3) is 3.57. The van der Waals surface area contributed by atoms with Gasteiger partial charge in [0, 0.05) is 32.7 Å². The minimum Gasteiger partial charge on any atom is -0.379 e. The molecule has 2 unspecified atom stereocenters. The first-order valence-corrected chi connectivity index (χ1v) is 7.33. The van der Waals surface area contributed by atoms with E-state index in [0.29, 0.717) is 11.1 Å². The molecule has 2 heterocycles. The molecule has 0 radical (unpaired) electrons. The van der Waals surface area contributed by atoms with Gasteiger partial charge in [0.1, 0.15) is 16.8 Å².